The third-order valence-electron chi connectivity index (χ3n) is 3.77. The summed E-state index contributed by atoms with van der Waals surface area (Å²) in [5, 5.41) is 3.72. The molecule has 2 rings (SSSR count). The maximum atomic E-state index is 3.72. The molecule has 1 spiro atoms. The second kappa shape index (κ2) is 4.19. The van der Waals surface area contributed by atoms with Crippen molar-refractivity contribution in [3.05, 3.63) is 0 Å². The van der Waals surface area contributed by atoms with Crippen LogP contribution in [0.2, 0.25) is 0 Å². The highest BCUT2D eigenvalue weighted by Gasteiger charge is 2.36. The molecule has 82 valence electrons. The van der Waals surface area contributed by atoms with E-state index in [1.54, 1.807) is 0 Å². The smallest absolute Gasteiger partial charge is 0.0206 e. The lowest BCUT2D eigenvalue weighted by Crippen LogP contribution is -2.50. The number of piperidine rings is 1. The van der Waals surface area contributed by atoms with Gasteiger partial charge in [0.25, 0.3) is 0 Å². The lowest BCUT2D eigenvalue weighted by atomic mass is 9.86. The zero-order valence-electron chi connectivity index (χ0n) is 9.68. The third kappa shape index (κ3) is 2.29. The van der Waals surface area contributed by atoms with Crippen molar-refractivity contribution in [1.29, 1.82) is 0 Å². The van der Waals surface area contributed by atoms with Crippen LogP contribution in [0.1, 0.15) is 39.5 Å². The molecule has 0 amide bonds. The first-order chi connectivity index (χ1) is 6.70. The zero-order valence-corrected chi connectivity index (χ0v) is 9.68. The van der Waals surface area contributed by atoms with E-state index in [0.29, 0.717) is 5.54 Å². The zero-order chi connectivity index (χ0) is 10.0. The minimum Gasteiger partial charge on any atom is -0.311 e. The topological polar surface area (TPSA) is 15.3 Å². The number of nitrogens with one attached hydrogen (secondary N) is 1. The Balaban J connectivity index is 1.79. The average molecular weight is 196 g/mol. The lowest BCUT2D eigenvalue weighted by molar-refractivity contribution is 0.136. The quantitative estimate of drug-likeness (QED) is 0.725. The van der Waals surface area contributed by atoms with Gasteiger partial charge in [-0.3, -0.25) is 0 Å². The molecule has 0 saturated carbocycles. The van der Waals surface area contributed by atoms with Crippen molar-refractivity contribution >= 4 is 0 Å². The third-order valence-corrected chi connectivity index (χ3v) is 3.77. The maximum Gasteiger partial charge on any atom is 0.0206 e. The molecular weight excluding hydrogens is 172 g/mol. The molecule has 2 fully saturated rings. The summed E-state index contributed by atoms with van der Waals surface area (Å²) in [7, 11) is 0. The lowest BCUT2D eigenvalue weighted by Gasteiger charge is -2.40. The van der Waals surface area contributed by atoms with Crippen molar-refractivity contribution in [2.24, 2.45) is 5.92 Å². The first-order valence-electron chi connectivity index (χ1n) is 6.18. The highest BCUT2D eigenvalue weighted by atomic mass is 15.2. The van der Waals surface area contributed by atoms with Crippen molar-refractivity contribution < 1.29 is 0 Å². The Labute approximate surface area is 88.1 Å². The van der Waals surface area contributed by atoms with Crippen molar-refractivity contribution in [3.63, 3.8) is 0 Å². The van der Waals surface area contributed by atoms with E-state index < -0.39 is 0 Å². The molecular formula is C12H24N2. The van der Waals surface area contributed by atoms with Crippen molar-refractivity contribution in [2.45, 2.75) is 45.1 Å². The summed E-state index contributed by atoms with van der Waals surface area (Å²) >= 11 is 0. The Hall–Kier alpha value is -0.0800. The monoisotopic (exact) mass is 196 g/mol. The van der Waals surface area contributed by atoms with Crippen LogP contribution < -0.4 is 5.32 Å². The van der Waals surface area contributed by atoms with Crippen LogP contribution in [0.3, 0.4) is 0 Å². The van der Waals surface area contributed by atoms with Crippen LogP contribution in [0.15, 0.2) is 0 Å². The number of hydrogen-bond acceptors (Lipinski definition) is 2. The molecule has 0 aromatic heterocycles. The van der Waals surface area contributed by atoms with Gasteiger partial charge in [0.1, 0.15) is 0 Å². The van der Waals surface area contributed by atoms with Gasteiger partial charge in [0, 0.05) is 12.1 Å². The number of rotatable bonds is 2. The van der Waals surface area contributed by atoms with Gasteiger partial charge in [-0.2, -0.15) is 0 Å². The molecule has 0 aromatic rings. The van der Waals surface area contributed by atoms with Crippen LogP contribution in [-0.2, 0) is 0 Å². The van der Waals surface area contributed by atoms with Gasteiger partial charge in [-0.05, 0) is 51.2 Å². The van der Waals surface area contributed by atoms with Gasteiger partial charge in [-0.15, -0.1) is 0 Å². The molecule has 2 heteroatoms. The highest BCUT2D eigenvalue weighted by molar-refractivity contribution is 4.96. The molecule has 0 bridgehead atoms. The second-order valence-electron chi connectivity index (χ2n) is 5.51. The van der Waals surface area contributed by atoms with Gasteiger partial charge in [0.2, 0.25) is 0 Å². The van der Waals surface area contributed by atoms with E-state index in [2.05, 4.69) is 24.1 Å². The molecule has 2 saturated heterocycles. The Morgan fingerprint density at radius 2 is 1.93 bits per heavy atom. The summed E-state index contributed by atoms with van der Waals surface area (Å²) in [5.41, 5.74) is 0.549. The predicted octanol–water partition coefficient (Wildman–Crippen LogP) is 1.86. The molecule has 2 aliphatic heterocycles. The van der Waals surface area contributed by atoms with Crippen LogP contribution in [0, 0.1) is 5.92 Å². The Kier molecular flexibility index (Phi) is 3.13. The van der Waals surface area contributed by atoms with Gasteiger partial charge in [0.05, 0.1) is 0 Å². The van der Waals surface area contributed by atoms with Crippen LogP contribution in [0.5, 0.6) is 0 Å². The Morgan fingerprint density at radius 1 is 1.21 bits per heavy atom. The fourth-order valence-electron chi connectivity index (χ4n) is 2.98. The molecule has 1 N–H and O–H groups in total. The molecule has 0 aromatic carbocycles. The summed E-state index contributed by atoms with van der Waals surface area (Å²) in [6.07, 6.45) is 5.56. The van der Waals surface area contributed by atoms with Crippen LogP contribution in [0.25, 0.3) is 0 Å². The molecule has 2 heterocycles. The predicted molar refractivity (Wildman–Crippen MR) is 60.5 cm³/mol. The minimum atomic E-state index is 0.549. The molecule has 14 heavy (non-hydrogen) atoms. The van der Waals surface area contributed by atoms with E-state index in [4.69, 9.17) is 0 Å². The Bertz CT molecular complexity index is 173. The van der Waals surface area contributed by atoms with Crippen molar-refractivity contribution in [1.82, 2.24) is 10.2 Å². The van der Waals surface area contributed by atoms with Gasteiger partial charge in [0.15, 0.2) is 0 Å². The maximum absolute atomic E-state index is 3.72. The van der Waals surface area contributed by atoms with E-state index in [1.807, 2.05) is 0 Å². The van der Waals surface area contributed by atoms with E-state index in [-0.39, 0.29) is 0 Å². The first kappa shape index (κ1) is 10.4. The summed E-state index contributed by atoms with van der Waals surface area (Å²) in [6, 6.07) is 0. The normalized spacial score (nSPS) is 27.6. The average Bonchev–Trinajstić information content (AvgIpc) is 2.58. The molecule has 2 nitrogen and oxygen atoms in total. The largest absolute Gasteiger partial charge is 0.311 e. The van der Waals surface area contributed by atoms with Gasteiger partial charge in [-0.1, -0.05) is 13.8 Å². The van der Waals surface area contributed by atoms with Crippen LogP contribution in [0.4, 0.5) is 0 Å². The van der Waals surface area contributed by atoms with Gasteiger partial charge >= 0.3 is 0 Å². The fourth-order valence-corrected chi connectivity index (χ4v) is 2.98. The second-order valence-corrected chi connectivity index (χ2v) is 5.51. The summed E-state index contributed by atoms with van der Waals surface area (Å²) < 4.78 is 0. The summed E-state index contributed by atoms with van der Waals surface area (Å²) in [5.74, 6) is 0.820. The molecule has 0 aliphatic carbocycles. The number of hydrogen-bond donors (Lipinski definition) is 1. The molecule has 0 radical (unpaired) electrons. The van der Waals surface area contributed by atoms with Gasteiger partial charge < -0.3 is 10.2 Å². The highest BCUT2D eigenvalue weighted by Crippen LogP contribution is 2.30. The SMILES string of the molecule is CC(C)CN1CCC2(CCCN2)CC1. The van der Waals surface area contributed by atoms with Gasteiger partial charge in [-0.25, -0.2) is 0 Å². The molecule has 0 unspecified atom stereocenters. The van der Waals surface area contributed by atoms with Crippen LogP contribution in [-0.4, -0.2) is 36.6 Å². The van der Waals surface area contributed by atoms with E-state index >= 15 is 0 Å². The minimum absolute atomic E-state index is 0.549. The summed E-state index contributed by atoms with van der Waals surface area (Å²) in [4.78, 5) is 2.63. The summed E-state index contributed by atoms with van der Waals surface area (Å²) in [6.45, 7) is 9.80. The van der Waals surface area contributed by atoms with Crippen molar-refractivity contribution in [2.75, 3.05) is 26.2 Å². The van der Waals surface area contributed by atoms with Crippen LogP contribution >= 0.6 is 0 Å². The van der Waals surface area contributed by atoms with E-state index in [9.17, 15) is 0 Å². The fraction of sp³-hybridized carbons (Fsp3) is 1.00. The molecule has 0 atom stereocenters. The standard InChI is InChI=1S/C12H24N2/c1-11(2)10-14-8-5-12(6-9-14)4-3-7-13-12/h11,13H,3-10H2,1-2H3. The Morgan fingerprint density at radius 3 is 2.43 bits per heavy atom. The van der Waals surface area contributed by atoms with E-state index in [0.717, 1.165) is 5.92 Å². The number of likely N-dealkylation sites (tertiary alicyclic amines) is 1. The van der Waals surface area contributed by atoms with E-state index in [1.165, 1.54) is 51.9 Å². The molecule has 2 aliphatic rings. The first-order valence-corrected chi connectivity index (χ1v) is 6.18. The number of nitrogens with zero attached hydrogens (tertiary/aromatic N) is 1. The van der Waals surface area contributed by atoms with Crippen molar-refractivity contribution in [3.8, 4) is 0 Å².